The van der Waals surface area contributed by atoms with Crippen molar-refractivity contribution < 1.29 is 18.3 Å². The molecule has 6 nitrogen and oxygen atoms in total. The van der Waals surface area contributed by atoms with Gasteiger partial charge in [-0.05, 0) is 52.8 Å². The second-order valence-corrected chi connectivity index (χ2v) is 8.82. The largest absolute Gasteiger partial charge is 0.496 e. The van der Waals surface area contributed by atoms with Gasteiger partial charge in [0.1, 0.15) is 11.6 Å². The van der Waals surface area contributed by atoms with E-state index in [0.717, 1.165) is 5.69 Å². The first kappa shape index (κ1) is 21.4. The average molecular weight is 392 g/mol. The second-order valence-electron chi connectivity index (χ2n) is 6.80. The van der Waals surface area contributed by atoms with Gasteiger partial charge in [0, 0.05) is 11.3 Å². The molecule has 0 amide bonds. The number of aryl methyl sites for hydroxylation is 1. The fourth-order valence-electron chi connectivity index (χ4n) is 2.72. The Kier molecular flexibility index (Phi) is 7.42. The zero-order chi connectivity index (χ0) is 20.0. The molecule has 27 heavy (non-hydrogen) atoms. The third-order valence-corrected chi connectivity index (χ3v) is 6.11. The number of nitrogens with zero attached hydrogens (tertiary/aromatic N) is 1. The summed E-state index contributed by atoms with van der Waals surface area (Å²) in [6, 6.07) is 13.0. The fraction of sp³-hybridized carbons (Fsp3) is 0.450. The molecule has 7 heteroatoms. The summed E-state index contributed by atoms with van der Waals surface area (Å²) in [6.45, 7) is 9.24. The molecule has 1 unspecified atom stereocenters. The van der Waals surface area contributed by atoms with Crippen molar-refractivity contribution >= 4 is 13.4 Å². The van der Waals surface area contributed by atoms with Gasteiger partial charge in [-0.2, -0.15) is 0 Å². The first-order valence-electron chi connectivity index (χ1n) is 9.05. The summed E-state index contributed by atoms with van der Waals surface area (Å²) in [7, 11) is -2.03. The third kappa shape index (κ3) is 5.80. The monoisotopic (exact) mass is 392 g/mol. The SMILES string of the molecule is COc1ccccc1C(Nc1cccc(C)n1)P(=O)(OC(C)C)OC(C)C. The Morgan fingerprint density at radius 2 is 1.59 bits per heavy atom. The van der Waals surface area contributed by atoms with E-state index in [2.05, 4.69) is 10.3 Å². The molecule has 0 aliphatic rings. The van der Waals surface area contributed by atoms with Crippen LogP contribution in [-0.4, -0.2) is 24.3 Å². The Balaban J connectivity index is 2.57. The van der Waals surface area contributed by atoms with Gasteiger partial charge < -0.3 is 19.1 Å². The maximum absolute atomic E-state index is 13.9. The Morgan fingerprint density at radius 1 is 0.963 bits per heavy atom. The van der Waals surface area contributed by atoms with E-state index in [1.54, 1.807) is 7.11 Å². The molecule has 2 aromatic rings. The van der Waals surface area contributed by atoms with Crippen LogP contribution in [0.3, 0.4) is 0 Å². The van der Waals surface area contributed by atoms with E-state index >= 15 is 0 Å². The van der Waals surface area contributed by atoms with Crippen LogP contribution < -0.4 is 10.1 Å². The van der Waals surface area contributed by atoms with Crippen molar-refractivity contribution in [1.29, 1.82) is 0 Å². The highest BCUT2D eigenvalue weighted by Gasteiger charge is 2.41. The molecule has 0 aliphatic heterocycles. The highest BCUT2D eigenvalue weighted by atomic mass is 31.2. The molecule has 148 valence electrons. The van der Waals surface area contributed by atoms with E-state index in [-0.39, 0.29) is 12.2 Å². The molecule has 1 N–H and O–H groups in total. The Labute approximate surface area is 161 Å². The van der Waals surface area contributed by atoms with Crippen LogP contribution in [0.25, 0.3) is 0 Å². The van der Waals surface area contributed by atoms with Crippen molar-refractivity contribution in [2.24, 2.45) is 0 Å². The highest BCUT2D eigenvalue weighted by Crippen LogP contribution is 2.63. The summed E-state index contributed by atoms with van der Waals surface area (Å²) in [5, 5.41) is 3.26. The molecule has 1 aromatic heterocycles. The number of pyridine rings is 1. The van der Waals surface area contributed by atoms with Crippen LogP contribution in [0.15, 0.2) is 42.5 Å². The minimum atomic E-state index is -3.62. The summed E-state index contributed by atoms with van der Waals surface area (Å²) in [6.07, 6.45) is -0.557. The average Bonchev–Trinajstić information content (AvgIpc) is 2.58. The minimum Gasteiger partial charge on any atom is -0.496 e. The second kappa shape index (κ2) is 9.36. The lowest BCUT2D eigenvalue weighted by Crippen LogP contribution is -2.20. The number of para-hydroxylation sites is 1. The van der Waals surface area contributed by atoms with Crippen molar-refractivity contribution in [3.63, 3.8) is 0 Å². The fourth-order valence-corrected chi connectivity index (χ4v) is 5.03. The van der Waals surface area contributed by atoms with E-state index in [0.29, 0.717) is 17.1 Å². The number of benzene rings is 1. The highest BCUT2D eigenvalue weighted by molar-refractivity contribution is 7.54. The lowest BCUT2D eigenvalue weighted by molar-refractivity contribution is 0.137. The van der Waals surface area contributed by atoms with Gasteiger partial charge in [-0.1, -0.05) is 24.3 Å². The number of methoxy groups -OCH3 is 1. The predicted octanol–water partition coefficient (Wildman–Crippen LogP) is 5.55. The molecule has 1 heterocycles. The molecule has 0 spiro atoms. The first-order chi connectivity index (χ1) is 12.7. The maximum Gasteiger partial charge on any atom is 0.357 e. The van der Waals surface area contributed by atoms with Crippen molar-refractivity contribution in [1.82, 2.24) is 4.98 Å². The van der Waals surface area contributed by atoms with Crippen LogP contribution in [0, 0.1) is 6.92 Å². The van der Waals surface area contributed by atoms with Gasteiger partial charge in [0.05, 0.1) is 19.3 Å². The third-order valence-electron chi connectivity index (χ3n) is 3.64. The van der Waals surface area contributed by atoms with E-state index in [9.17, 15) is 4.57 Å². The van der Waals surface area contributed by atoms with Gasteiger partial charge in [-0.15, -0.1) is 0 Å². The molecule has 0 radical (unpaired) electrons. The van der Waals surface area contributed by atoms with Crippen molar-refractivity contribution in [2.45, 2.75) is 52.6 Å². The molecular formula is C20H29N2O4P. The van der Waals surface area contributed by atoms with Gasteiger partial charge in [0.15, 0.2) is 5.78 Å². The van der Waals surface area contributed by atoms with Gasteiger partial charge in [0.25, 0.3) is 0 Å². The Morgan fingerprint density at radius 3 is 2.15 bits per heavy atom. The van der Waals surface area contributed by atoms with E-state index in [1.807, 2.05) is 77.1 Å². The van der Waals surface area contributed by atoms with E-state index in [1.165, 1.54) is 0 Å². The molecule has 1 atom stereocenters. The number of aromatic nitrogens is 1. The van der Waals surface area contributed by atoms with Crippen molar-refractivity contribution in [3.8, 4) is 5.75 Å². The number of anilines is 1. The van der Waals surface area contributed by atoms with Crippen LogP contribution in [0.4, 0.5) is 5.82 Å². The number of nitrogens with one attached hydrogen (secondary N) is 1. The number of rotatable bonds is 9. The van der Waals surface area contributed by atoms with Crippen molar-refractivity contribution in [3.05, 3.63) is 53.7 Å². The molecule has 0 saturated carbocycles. The number of hydrogen-bond acceptors (Lipinski definition) is 6. The summed E-state index contributed by atoms with van der Waals surface area (Å²) < 4.78 is 31.1. The van der Waals surface area contributed by atoms with Gasteiger partial charge >= 0.3 is 7.60 Å². The van der Waals surface area contributed by atoms with Crippen LogP contribution >= 0.6 is 7.60 Å². The van der Waals surface area contributed by atoms with E-state index in [4.69, 9.17) is 13.8 Å². The normalized spacial score (nSPS) is 13.0. The zero-order valence-corrected chi connectivity index (χ0v) is 17.7. The summed E-state index contributed by atoms with van der Waals surface area (Å²) in [5.41, 5.74) is 1.54. The lowest BCUT2D eigenvalue weighted by Gasteiger charge is -2.31. The Bertz CT molecular complexity index is 781. The van der Waals surface area contributed by atoms with Crippen LogP contribution in [0.2, 0.25) is 0 Å². The number of ether oxygens (including phenoxy) is 1. The van der Waals surface area contributed by atoms with Gasteiger partial charge in [-0.25, -0.2) is 4.98 Å². The topological polar surface area (TPSA) is 69.7 Å². The molecule has 0 bridgehead atoms. The van der Waals surface area contributed by atoms with Crippen LogP contribution in [0.1, 0.15) is 44.7 Å². The first-order valence-corrected chi connectivity index (χ1v) is 10.7. The summed E-state index contributed by atoms with van der Waals surface area (Å²) >= 11 is 0. The molecule has 2 rings (SSSR count). The predicted molar refractivity (Wildman–Crippen MR) is 108 cm³/mol. The maximum atomic E-state index is 13.9. The van der Waals surface area contributed by atoms with Crippen LogP contribution in [-0.2, 0) is 13.6 Å². The number of hydrogen-bond donors (Lipinski definition) is 1. The summed E-state index contributed by atoms with van der Waals surface area (Å²) in [4.78, 5) is 4.48. The van der Waals surface area contributed by atoms with Gasteiger partial charge in [0.2, 0.25) is 0 Å². The Hall–Kier alpha value is -1.88. The van der Waals surface area contributed by atoms with Crippen molar-refractivity contribution in [2.75, 3.05) is 12.4 Å². The quantitative estimate of drug-likeness (QED) is 0.564. The summed E-state index contributed by atoms with van der Waals surface area (Å²) in [5.74, 6) is 0.418. The van der Waals surface area contributed by atoms with Crippen LogP contribution in [0.5, 0.6) is 5.75 Å². The molecular weight excluding hydrogens is 363 g/mol. The minimum absolute atomic E-state index is 0.279. The van der Waals surface area contributed by atoms with Gasteiger partial charge in [-0.3, -0.25) is 4.57 Å². The molecule has 0 fully saturated rings. The lowest BCUT2D eigenvalue weighted by atomic mass is 10.2. The standard InChI is InChI=1S/C20H29N2O4P/c1-14(2)25-27(23,26-15(3)4)20(17-11-7-8-12-18(17)24-6)22-19-13-9-10-16(5)21-19/h7-15,20H,1-6H3,(H,21,22). The molecule has 0 saturated heterocycles. The zero-order valence-electron chi connectivity index (χ0n) is 16.8. The van der Waals surface area contributed by atoms with E-state index < -0.39 is 13.4 Å². The smallest absolute Gasteiger partial charge is 0.357 e. The molecule has 1 aromatic carbocycles. The molecule has 0 aliphatic carbocycles.